The highest BCUT2D eigenvalue weighted by molar-refractivity contribution is 5.85. The molecule has 100 valence electrons. The number of carbonyl (C=O) groups excluding carboxylic acids is 1. The fourth-order valence-corrected chi connectivity index (χ4v) is 2.38. The molecule has 1 amide bonds. The van der Waals surface area contributed by atoms with Crippen molar-refractivity contribution < 1.29 is 4.79 Å². The largest absolute Gasteiger partial charge is 0.352 e. The van der Waals surface area contributed by atoms with Crippen LogP contribution in [0.5, 0.6) is 0 Å². The van der Waals surface area contributed by atoms with E-state index in [1.807, 2.05) is 6.92 Å². The molecule has 0 saturated carbocycles. The van der Waals surface area contributed by atoms with E-state index < -0.39 is 5.54 Å². The quantitative estimate of drug-likeness (QED) is 0.758. The standard InChI is InChI=1S/C13H27N3O/c1-4-8-13(3,14)12(17)15-11-6-9-16(5-2)10-7-11/h11H,4-10,14H2,1-3H3,(H,15,17). The first kappa shape index (κ1) is 14.5. The minimum absolute atomic E-state index is 0.00861. The Morgan fingerprint density at radius 3 is 2.47 bits per heavy atom. The van der Waals surface area contributed by atoms with Crippen molar-refractivity contribution in [2.45, 2.75) is 58.0 Å². The van der Waals surface area contributed by atoms with Crippen molar-refractivity contribution >= 4 is 5.91 Å². The molecule has 4 nitrogen and oxygen atoms in total. The van der Waals surface area contributed by atoms with Crippen molar-refractivity contribution in [3.8, 4) is 0 Å². The third kappa shape index (κ3) is 4.28. The average molecular weight is 241 g/mol. The van der Waals surface area contributed by atoms with Crippen molar-refractivity contribution in [2.75, 3.05) is 19.6 Å². The van der Waals surface area contributed by atoms with E-state index in [2.05, 4.69) is 24.1 Å². The lowest BCUT2D eigenvalue weighted by molar-refractivity contribution is -0.127. The highest BCUT2D eigenvalue weighted by Gasteiger charge is 2.29. The number of hydrogen-bond acceptors (Lipinski definition) is 3. The Morgan fingerprint density at radius 1 is 1.41 bits per heavy atom. The van der Waals surface area contributed by atoms with Gasteiger partial charge in [-0.15, -0.1) is 0 Å². The summed E-state index contributed by atoms with van der Waals surface area (Å²) in [6.45, 7) is 9.32. The van der Waals surface area contributed by atoms with Crippen molar-refractivity contribution in [1.82, 2.24) is 10.2 Å². The molecule has 1 fully saturated rings. The van der Waals surface area contributed by atoms with E-state index >= 15 is 0 Å². The van der Waals surface area contributed by atoms with Crippen molar-refractivity contribution in [3.63, 3.8) is 0 Å². The molecule has 0 aromatic heterocycles. The zero-order valence-corrected chi connectivity index (χ0v) is 11.5. The Bertz CT molecular complexity index is 245. The van der Waals surface area contributed by atoms with Crippen LogP contribution in [-0.2, 0) is 4.79 Å². The van der Waals surface area contributed by atoms with Gasteiger partial charge in [-0.25, -0.2) is 0 Å². The van der Waals surface area contributed by atoms with Crippen LogP contribution in [0.1, 0.15) is 46.5 Å². The lowest BCUT2D eigenvalue weighted by Crippen LogP contribution is -2.55. The van der Waals surface area contributed by atoms with Crippen molar-refractivity contribution in [2.24, 2.45) is 5.73 Å². The van der Waals surface area contributed by atoms with E-state index in [-0.39, 0.29) is 5.91 Å². The number of rotatable bonds is 5. The summed E-state index contributed by atoms with van der Waals surface area (Å²) in [6.07, 6.45) is 3.77. The fourth-order valence-electron chi connectivity index (χ4n) is 2.38. The molecule has 0 aromatic rings. The second-order valence-electron chi connectivity index (χ2n) is 5.35. The summed E-state index contributed by atoms with van der Waals surface area (Å²) in [4.78, 5) is 14.4. The van der Waals surface area contributed by atoms with Crippen LogP contribution in [0.15, 0.2) is 0 Å². The van der Waals surface area contributed by atoms with Crippen molar-refractivity contribution in [3.05, 3.63) is 0 Å². The second kappa shape index (κ2) is 6.36. The van der Waals surface area contributed by atoms with Gasteiger partial charge in [-0.2, -0.15) is 0 Å². The molecule has 1 heterocycles. The first-order chi connectivity index (χ1) is 7.99. The maximum atomic E-state index is 12.0. The van der Waals surface area contributed by atoms with Gasteiger partial charge in [0.25, 0.3) is 0 Å². The van der Waals surface area contributed by atoms with E-state index in [9.17, 15) is 4.79 Å². The van der Waals surface area contributed by atoms with Gasteiger partial charge >= 0.3 is 0 Å². The first-order valence-corrected chi connectivity index (χ1v) is 6.81. The average Bonchev–Trinajstić information content (AvgIpc) is 2.30. The van der Waals surface area contributed by atoms with Gasteiger partial charge in [0.05, 0.1) is 5.54 Å². The maximum absolute atomic E-state index is 12.0. The van der Waals surface area contributed by atoms with Gasteiger partial charge in [-0.1, -0.05) is 20.3 Å². The van der Waals surface area contributed by atoms with Crippen LogP contribution >= 0.6 is 0 Å². The first-order valence-electron chi connectivity index (χ1n) is 6.81. The third-order valence-electron chi connectivity index (χ3n) is 3.66. The van der Waals surface area contributed by atoms with Gasteiger partial charge in [-0.05, 0) is 32.7 Å². The zero-order valence-electron chi connectivity index (χ0n) is 11.5. The number of carbonyl (C=O) groups is 1. The minimum atomic E-state index is -0.712. The molecule has 1 atom stereocenters. The van der Waals surface area contributed by atoms with Crippen molar-refractivity contribution in [1.29, 1.82) is 0 Å². The van der Waals surface area contributed by atoms with Gasteiger partial charge in [0.2, 0.25) is 5.91 Å². The van der Waals surface area contributed by atoms with Gasteiger partial charge < -0.3 is 16.0 Å². The SMILES string of the molecule is CCCC(C)(N)C(=O)NC1CCN(CC)CC1. The summed E-state index contributed by atoms with van der Waals surface area (Å²) in [6, 6.07) is 0.310. The van der Waals surface area contributed by atoms with E-state index in [4.69, 9.17) is 5.73 Å². The monoisotopic (exact) mass is 241 g/mol. The minimum Gasteiger partial charge on any atom is -0.352 e. The smallest absolute Gasteiger partial charge is 0.240 e. The number of nitrogens with zero attached hydrogens (tertiary/aromatic N) is 1. The van der Waals surface area contributed by atoms with E-state index in [0.717, 1.165) is 45.3 Å². The molecule has 0 aromatic carbocycles. The Morgan fingerprint density at radius 2 is 2.00 bits per heavy atom. The second-order valence-corrected chi connectivity index (χ2v) is 5.35. The number of piperidine rings is 1. The summed E-state index contributed by atoms with van der Waals surface area (Å²) >= 11 is 0. The summed E-state index contributed by atoms with van der Waals surface area (Å²) in [5.41, 5.74) is 5.31. The molecular formula is C13H27N3O. The highest BCUT2D eigenvalue weighted by atomic mass is 16.2. The number of nitrogens with one attached hydrogen (secondary N) is 1. The summed E-state index contributed by atoms with van der Waals surface area (Å²) < 4.78 is 0. The molecule has 1 aliphatic rings. The molecule has 1 rings (SSSR count). The van der Waals surface area contributed by atoms with Gasteiger partial charge in [0.15, 0.2) is 0 Å². The maximum Gasteiger partial charge on any atom is 0.240 e. The molecular weight excluding hydrogens is 214 g/mol. The Labute approximate surface area is 105 Å². The normalized spacial score (nSPS) is 22.1. The molecule has 0 radical (unpaired) electrons. The topological polar surface area (TPSA) is 58.4 Å². The van der Waals surface area contributed by atoms with Crippen LogP contribution in [0.3, 0.4) is 0 Å². The van der Waals surface area contributed by atoms with Crippen LogP contribution in [0.25, 0.3) is 0 Å². The van der Waals surface area contributed by atoms with Crippen LogP contribution in [0, 0.1) is 0 Å². The molecule has 0 spiro atoms. The number of amides is 1. The summed E-state index contributed by atoms with van der Waals surface area (Å²) in [5.74, 6) is 0.00861. The molecule has 0 bridgehead atoms. The number of nitrogens with two attached hydrogens (primary N) is 1. The predicted molar refractivity (Wildman–Crippen MR) is 70.8 cm³/mol. The zero-order chi connectivity index (χ0) is 12.9. The molecule has 1 unspecified atom stereocenters. The predicted octanol–water partition coefficient (Wildman–Crippen LogP) is 1.10. The molecule has 4 heteroatoms. The molecule has 17 heavy (non-hydrogen) atoms. The lowest BCUT2D eigenvalue weighted by Gasteiger charge is -2.33. The molecule has 1 aliphatic heterocycles. The summed E-state index contributed by atoms with van der Waals surface area (Å²) in [7, 11) is 0. The van der Waals surface area contributed by atoms with Crippen LogP contribution in [-0.4, -0.2) is 42.0 Å². The van der Waals surface area contributed by atoms with Crippen LogP contribution in [0.2, 0.25) is 0 Å². The molecule has 1 saturated heterocycles. The van der Waals surface area contributed by atoms with Crippen LogP contribution < -0.4 is 11.1 Å². The summed E-state index contributed by atoms with van der Waals surface area (Å²) in [5, 5.41) is 3.10. The van der Waals surface area contributed by atoms with E-state index in [1.54, 1.807) is 0 Å². The fraction of sp³-hybridized carbons (Fsp3) is 0.923. The van der Waals surface area contributed by atoms with E-state index in [0.29, 0.717) is 6.04 Å². The highest BCUT2D eigenvalue weighted by Crippen LogP contribution is 2.13. The van der Waals surface area contributed by atoms with Gasteiger partial charge in [0, 0.05) is 19.1 Å². The Kier molecular flexibility index (Phi) is 5.40. The molecule has 0 aliphatic carbocycles. The Balaban J connectivity index is 2.37. The van der Waals surface area contributed by atoms with Crippen LogP contribution in [0.4, 0.5) is 0 Å². The molecule has 3 N–H and O–H groups in total. The third-order valence-corrected chi connectivity index (χ3v) is 3.66. The van der Waals surface area contributed by atoms with E-state index in [1.165, 1.54) is 0 Å². The Hall–Kier alpha value is -0.610. The number of likely N-dealkylation sites (tertiary alicyclic amines) is 1. The van der Waals surface area contributed by atoms with Gasteiger partial charge in [0.1, 0.15) is 0 Å². The lowest BCUT2D eigenvalue weighted by atomic mass is 9.95. The number of hydrogen-bond donors (Lipinski definition) is 2. The van der Waals surface area contributed by atoms with Gasteiger partial charge in [-0.3, -0.25) is 4.79 Å².